The number of carbonyl (C=O) groups is 3. The summed E-state index contributed by atoms with van der Waals surface area (Å²) in [4.78, 5) is 44.7. The highest BCUT2D eigenvalue weighted by Gasteiger charge is 2.42. The molecule has 3 fully saturated rings. The number of nitrogens with one attached hydrogen (secondary N) is 1. The molecule has 3 aliphatic heterocycles. The van der Waals surface area contributed by atoms with Crippen LogP contribution >= 0.6 is 0 Å². The number of likely N-dealkylation sites (tertiary alicyclic amines) is 1. The van der Waals surface area contributed by atoms with Crippen LogP contribution in [0.15, 0.2) is 24.3 Å². The van der Waals surface area contributed by atoms with E-state index in [1.165, 1.54) is 18.2 Å². The Balaban J connectivity index is 1.31. The minimum atomic E-state index is -4.92. The summed E-state index contributed by atoms with van der Waals surface area (Å²) in [7, 11) is 0. The van der Waals surface area contributed by atoms with Gasteiger partial charge in [0.1, 0.15) is 11.8 Å². The number of alkyl halides is 3. The molecule has 3 saturated heterocycles. The van der Waals surface area contributed by atoms with Gasteiger partial charge in [-0.2, -0.15) is 0 Å². The monoisotopic (exact) mass is 483 g/mol. The molecule has 1 unspecified atom stereocenters. The Hall–Kier alpha value is -2.86. The van der Waals surface area contributed by atoms with Crippen LogP contribution in [0.5, 0.6) is 5.75 Å². The highest BCUT2D eigenvalue weighted by atomic mass is 19.4. The van der Waals surface area contributed by atoms with Gasteiger partial charge < -0.3 is 15.0 Å². The van der Waals surface area contributed by atoms with Crippen LogP contribution in [-0.4, -0.2) is 96.3 Å². The van der Waals surface area contributed by atoms with E-state index in [1.807, 2.05) is 9.80 Å². The first-order valence-corrected chi connectivity index (χ1v) is 11.4. The number of piperidine rings is 1. The lowest BCUT2D eigenvalue weighted by molar-refractivity contribution is -0.275. The molecule has 1 atom stereocenters. The van der Waals surface area contributed by atoms with Gasteiger partial charge in [0, 0.05) is 44.8 Å². The largest absolute Gasteiger partial charge is 0.573 e. The molecule has 12 heteroatoms. The molecule has 0 aromatic heterocycles. The number of ether oxygens (including phenoxy) is 1. The number of amides is 4. The summed E-state index contributed by atoms with van der Waals surface area (Å²) in [5, 5.41) is 2.46. The number of hydrogen-bond acceptors (Lipinski definition) is 6. The van der Waals surface area contributed by atoms with Gasteiger partial charge in [0.05, 0.1) is 13.2 Å². The molecule has 0 saturated carbocycles. The topological polar surface area (TPSA) is 85.4 Å². The number of halogens is 3. The first-order valence-electron chi connectivity index (χ1n) is 11.4. The Labute approximate surface area is 195 Å². The maximum absolute atomic E-state index is 12.9. The van der Waals surface area contributed by atoms with Gasteiger partial charge in [-0.25, -0.2) is 9.69 Å². The minimum absolute atomic E-state index is 0.0252. The van der Waals surface area contributed by atoms with Crippen molar-refractivity contribution < 1.29 is 32.3 Å². The second kappa shape index (κ2) is 10.2. The molecule has 4 rings (SSSR count). The van der Waals surface area contributed by atoms with Crippen molar-refractivity contribution in [1.82, 2.24) is 24.9 Å². The lowest BCUT2D eigenvalue weighted by Crippen LogP contribution is -2.53. The fraction of sp³-hybridized carbons (Fsp3) is 0.591. The average Bonchev–Trinajstić information content (AvgIpc) is 3.08. The fourth-order valence-corrected chi connectivity index (χ4v) is 4.52. The summed E-state index contributed by atoms with van der Waals surface area (Å²) in [6.07, 6.45) is -1.68. The van der Waals surface area contributed by atoms with E-state index in [4.69, 9.17) is 0 Å². The molecule has 0 spiro atoms. The normalized spacial score (nSPS) is 22.7. The van der Waals surface area contributed by atoms with Crippen molar-refractivity contribution in [2.45, 2.75) is 31.7 Å². The molecule has 1 N–H and O–H groups in total. The van der Waals surface area contributed by atoms with Crippen molar-refractivity contribution in [2.24, 2.45) is 0 Å². The van der Waals surface area contributed by atoms with Gasteiger partial charge in [-0.3, -0.25) is 19.4 Å². The van der Waals surface area contributed by atoms with Crippen molar-refractivity contribution in [3.63, 3.8) is 0 Å². The standard InChI is InChI=1S/C22H28F3N5O4/c23-22(24,25)34-17-7-3-2-6-16(17)19-20(32)30(21(33)26-19)15-28-12-10-27(11-13-28)14-18(31)29-8-4-1-5-9-29/h2-3,6-7,19H,1,4-5,8-15H2,(H,26,33). The molecule has 0 bridgehead atoms. The van der Waals surface area contributed by atoms with Crippen molar-refractivity contribution in [3.05, 3.63) is 29.8 Å². The number of imide groups is 1. The van der Waals surface area contributed by atoms with Crippen LogP contribution in [0.1, 0.15) is 30.9 Å². The third-order valence-electron chi connectivity index (χ3n) is 6.36. The van der Waals surface area contributed by atoms with Gasteiger partial charge in [0.2, 0.25) is 5.91 Å². The molecule has 3 aliphatic rings. The Morgan fingerprint density at radius 2 is 1.62 bits per heavy atom. The lowest BCUT2D eigenvalue weighted by atomic mass is 10.1. The van der Waals surface area contributed by atoms with Gasteiger partial charge in [-0.15, -0.1) is 13.2 Å². The van der Waals surface area contributed by atoms with E-state index in [0.29, 0.717) is 32.7 Å². The fourth-order valence-electron chi connectivity index (χ4n) is 4.52. The number of para-hydroxylation sites is 1. The Kier molecular flexibility index (Phi) is 7.27. The summed E-state index contributed by atoms with van der Waals surface area (Å²) in [6.45, 7) is 4.36. The van der Waals surface area contributed by atoms with Crippen LogP contribution in [0.3, 0.4) is 0 Å². The van der Waals surface area contributed by atoms with Gasteiger partial charge in [-0.05, 0) is 25.3 Å². The second-order valence-corrected chi connectivity index (χ2v) is 8.71. The zero-order valence-corrected chi connectivity index (χ0v) is 18.7. The van der Waals surface area contributed by atoms with Gasteiger partial charge in [0.25, 0.3) is 5.91 Å². The van der Waals surface area contributed by atoms with Gasteiger partial charge in [-0.1, -0.05) is 18.2 Å². The predicted molar refractivity (Wildman–Crippen MR) is 115 cm³/mol. The minimum Gasteiger partial charge on any atom is -0.405 e. The molecule has 1 aromatic rings. The maximum atomic E-state index is 12.9. The first kappa shape index (κ1) is 24.3. The van der Waals surface area contributed by atoms with Crippen molar-refractivity contribution in [2.75, 3.05) is 52.5 Å². The molecule has 0 radical (unpaired) electrons. The number of hydrogen-bond donors (Lipinski definition) is 1. The Morgan fingerprint density at radius 1 is 0.971 bits per heavy atom. The molecular formula is C22H28F3N5O4. The number of urea groups is 1. The quantitative estimate of drug-likeness (QED) is 0.621. The molecule has 4 amide bonds. The van der Waals surface area contributed by atoms with Gasteiger partial charge >= 0.3 is 12.4 Å². The van der Waals surface area contributed by atoms with Gasteiger partial charge in [0.15, 0.2) is 0 Å². The third-order valence-corrected chi connectivity index (χ3v) is 6.36. The number of piperazine rings is 1. The summed E-state index contributed by atoms with van der Waals surface area (Å²) < 4.78 is 42.3. The van der Waals surface area contributed by atoms with E-state index in [2.05, 4.69) is 15.0 Å². The van der Waals surface area contributed by atoms with Crippen molar-refractivity contribution in [1.29, 1.82) is 0 Å². The van der Waals surface area contributed by atoms with E-state index < -0.39 is 30.1 Å². The summed E-state index contributed by atoms with van der Waals surface area (Å²) in [6, 6.07) is 3.35. The van der Waals surface area contributed by atoms with Crippen LogP contribution in [0.25, 0.3) is 0 Å². The zero-order chi connectivity index (χ0) is 24.3. The molecule has 34 heavy (non-hydrogen) atoms. The van der Waals surface area contributed by atoms with Crippen LogP contribution in [-0.2, 0) is 9.59 Å². The number of nitrogens with zero attached hydrogens (tertiary/aromatic N) is 4. The van der Waals surface area contributed by atoms with Crippen LogP contribution in [0.4, 0.5) is 18.0 Å². The van der Waals surface area contributed by atoms with E-state index >= 15 is 0 Å². The first-order chi connectivity index (χ1) is 16.2. The third kappa shape index (κ3) is 5.79. The maximum Gasteiger partial charge on any atom is 0.573 e. The van der Waals surface area contributed by atoms with Crippen LogP contribution < -0.4 is 10.1 Å². The smallest absolute Gasteiger partial charge is 0.405 e. The lowest BCUT2D eigenvalue weighted by Gasteiger charge is -2.36. The zero-order valence-electron chi connectivity index (χ0n) is 18.7. The number of benzene rings is 1. The van der Waals surface area contributed by atoms with E-state index in [-0.39, 0.29) is 18.1 Å². The number of rotatable bonds is 6. The summed E-state index contributed by atoms with van der Waals surface area (Å²) in [5.74, 6) is -1.03. The average molecular weight is 483 g/mol. The molecular weight excluding hydrogens is 455 g/mol. The van der Waals surface area contributed by atoms with Crippen molar-refractivity contribution in [3.8, 4) is 5.75 Å². The Morgan fingerprint density at radius 3 is 2.29 bits per heavy atom. The van der Waals surface area contributed by atoms with Crippen molar-refractivity contribution >= 4 is 17.8 Å². The van der Waals surface area contributed by atoms with Crippen LogP contribution in [0, 0.1) is 0 Å². The van der Waals surface area contributed by atoms with E-state index in [9.17, 15) is 27.6 Å². The highest BCUT2D eigenvalue weighted by molar-refractivity contribution is 6.04. The molecule has 9 nitrogen and oxygen atoms in total. The number of carbonyl (C=O) groups excluding carboxylic acids is 3. The SMILES string of the molecule is O=C(CN1CCN(CN2C(=O)NC(c3ccccc3OC(F)(F)F)C2=O)CC1)N1CCCCC1. The Bertz CT molecular complexity index is 914. The summed E-state index contributed by atoms with van der Waals surface area (Å²) >= 11 is 0. The van der Waals surface area contributed by atoms with E-state index in [0.717, 1.165) is 43.3 Å². The van der Waals surface area contributed by atoms with Crippen LogP contribution in [0.2, 0.25) is 0 Å². The molecule has 0 aliphatic carbocycles. The second-order valence-electron chi connectivity index (χ2n) is 8.71. The molecule has 1 aromatic carbocycles. The van der Waals surface area contributed by atoms with E-state index in [1.54, 1.807) is 0 Å². The summed E-state index contributed by atoms with van der Waals surface area (Å²) in [5.41, 5.74) is -0.0540. The molecule has 186 valence electrons. The molecule has 3 heterocycles. The highest BCUT2D eigenvalue weighted by Crippen LogP contribution is 2.33. The predicted octanol–water partition coefficient (Wildman–Crippen LogP) is 1.77.